The Balaban J connectivity index is 2.07. The van der Waals surface area contributed by atoms with Crippen molar-refractivity contribution in [2.45, 2.75) is 46.0 Å². The predicted molar refractivity (Wildman–Crippen MR) is 111 cm³/mol. The highest BCUT2D eigenvalue weighted by Crippen LogP contribution is 2.45. The Hall–Kier alpha value is -1.99. The molecule has 0 spiro atoms. The Morgan fingerprint density at radius 3 is 2.59 bits per heavy atom. The molecule has 8 heteroatoms. The molecular formula is C19H23ClN6S. The average Bonchev–Trinajstić information content (AvgIpc) is 3.29. The van der Waals surface area contributed by atoms with E-state index in [2.05, 4.69) is 45.4 Å². The van der Waals surface area contributed by atoms with Crippen molar-refractivity contribution in [3.63, 3.8) is 0 Å². The minimum absolute atomic E-state index is 0.593. The number of rotatable bonds is 5. The SMILES string of the molecule is CCN(CC)c1nc2c(c(-c3ccc(Cl)s3)c1-c1nn[nH]n1)CCCCC2. The van der Waals surface area contributed by atoms with Crippen LogP contribution in [-0.2, 0) is 12.8 Å². The smallest absolute Gasteiger partial charge is 0.209 e. The number of tetrazole rings is 1. The van der Waals surface area contributed by atoms with Crippen molar-refractivity contribution in [2.24, 2.45) is 0 Å². The number of H-pyrrole nitrogens is 1. The third-order valence-electron chi connectivity index (χ3n) is 5.16. The third-order valence-corrected chi connectivity index (χ3v) is 6.41. The second-order valence-electron chi connectivity index (χ2n) is 6.68. The van der Waals surface area contributed by atoms with E-state index in [0.717, 1.165) is 46.5 Å². The molecule has 0 fully saturated rings. The number of aromatic amines is 1. The summed E-state index contributed by atoms with van der Waals surface area (Å²) in [6.45, 7) is 6.05. The largest absolute Gasteiger partial charge is 0.357 e. The van der Waals surface area contributed by atoms with Gasteiger partial charge in [-0.05, 0) is 62.4 Å². The van der Waals surface area contributed by atoms with Gasteiger partial charge in [0.2, 0.25) is 5.82 Å². The maximum Gasteiger partial charge on any atom is 0.209 e. The lowest BCUT2D eigenvalue weighted by Gasteiger charge is -2.26. The highest BCUT2D eigenvalue weighted by atomic mass is 35.5. The number of nitrogens with one attached hydrogen (secondary N) is 1. The van der Waals surface area contributed by atoms with Crippen molar-refractivity contribution in [1.29, 1.82) is 0 Å². The number of anilines is 1. The molecule has 0 unspecified atom stereocenters. The van der Waals surface area contributed by atoms with Gasteiger partial charge >= 0.3 is 0 Å². The molecule has 27 heavy (non-hydrogen) atoms. The van der Waals surface area contributed by atoms with Gasteiger partial charge in [0.15, 0.2) is 0 Å². The molecule has 0 saturated heterocycles. The van der Waals surface area contributed by atoms with Crippen LogP contribution in [0.15, 0.2) is 12.1 Å². The van der Waals surface area contributed by atoms with Crippen LogP contribution in [0.2, 0.25) is 4.34 Å². The summed E-state index contributed by atoms with van der Waals surface area (Å²) in [5.74, 6) is 1.54. The van der Waals surface area contributed by atoms with Crippen LogP contribution in [0.5, 0.6) is 0 Å². The topological polar surface area (TPSA) is 70.6 Å². The Kier molecular flexibility index (Phi) is 5.41. The van der Waals surface area contributed by atoms with E-state index < -0.39 is 0 Å². The van der Waals surface area contributed by atoms with Crippen LogP contribution >= 0.6 is 22.9 Å². The zero-order chi connectivity index (χ0) is 18.8. The molecule has 1 aliphatic rings. The lowest BCUT2D eigenvalue weighted by molar-refractivity contribution is 0.708. The number of nitrogens with zero attached hydrogens (tertiary/aromatic N) is 5. The van der Waals surface area contributed by atoms with Gasteiger partial charge in [-0.15, -0.1) is 21.5 Å². The van der Waals surface area contributed by atoms with Crippen molar-refractivity contribution in [2.75, 3.05) is 18.0 Å². The fourth-order valence-corrected chi connectivity index (χ4v) is 4.98. The molecule has 0 saturated carbocycles. The van der Waals surface area contributed by atoms with Gasteiger partial charge in [0.05, 0.1) is 9.90 Å². The van der Waals surface area contributed by atoms with Gasteiger partial charge < -0.3 is 4.90 Å². The van der Waals surface area contributed by atoms with Gasteiger partial charge in [-0.25, -0.2) is 4.98 Å². The number of hydrogen-bond acceptors (Lipinski definition) is 6. The van der Waals surface area contributed by atoms with E-state index in [1.807, 2.05) is 6.07 Å². The summed E-state index contributed by atoms with van der Waals surface area (Å²) >= 11 is 7.90. The van der Waals surface area contributed by atoms with Gasteiger partial charge in [0.25, 0.3) is 0 Å². The number of aryl methyl sites for hydroxylation is 1. The quantitative estimate of drug-likeness (QED) is 0.623. The predicted octanol–water partition coefficient (Wildman–Crippen LogP) is 4.76. The maximum absolute atomic E-state index is 6.30. The summed E-state index contributed by atoms with van der Waals surface area (Å²) in [5.41, 5.74) is 4.68. The second-order valence-corrected chi connectivity index (χ2v) is 8.40. The molecular weight excluding hydrogens is 380 g/mol. The van der Waals surface area contributed by atoms with Crippen LogP contribution in [0.3, 0.4) is 0 Å². The molecule has 3 aromatic heterocycles. The Morgan fingerprint density at radius 2 is 1.93 bits per heavy atom. The number of hydrogen-bond donors (Lipinski definition) is 1. The molecule has 4 rings (SSSR count). The average molecular weight is 403 g/mol. The van der Waals surface area contributed by atoms with Crippen molar-refractivity contribution >= 4 is 28.8 Å². The minimum atomic E-state index is 0.593. The van der Waals surface area contributed by atoms with Gasteiger partial charge in [0, 0.05) is 29.2 Å². The molecule has 1 aliphatic carbocycles. The molecule has 3 heterocycles. The fraction of sp³-hybridized carbons (Fsp3) is 0.474. The molecule has 6 nitrogen and oxygen atoms in total. The molecule has 0 aromatic carbocycles. The summed E-state index contributed by atoms with van der Waals surface area (Å²) in [6, 6.07) is 4.06. The highest BCUT2D eigenvalue weighted by Gasteiger charge is 2.27. The number of thiophene rings is 1. The molecule has 0 atom stereocenters. The summed E-state index contributed by atoms with van der Waals surface area (Å²) in [5, 5.41) is 15.1. The van der Waals surface area contributed by atoms with Crippen LogP contribution in [0.25, 0.3) is 21.8 Å². The van der Waals surface area contributed by atoms with E-state index >= 15 is 0 Å². The summed E-state index contributed by atoms with van der Waals surface area (Å²) in [7, 11) is 0. The monoisotopic (exact) mass is 402 g/mol. The lowest BCUT2D eigenvalue weighted by atomic mass is 9.94. The molecule has 0 radical (unpaired) electrons. The second kappa shape index (κ2) is 7.94. The van der Waals surface area contributed by atoms with E-state index in [9.17, 15) is 0 Å². The maximum atomic E-state index is 6.30. The zero-order valence-electron chi connectivity index (χ0n) is 15.6. The molecule has 1 N–H and O–H groups in total. The number of pyridine rings is 1. The van der Waals surface area contributed by atoms with Gasteiger partial charge in [-0.3, -0.25) is 0 Å². The number of halogens is 1. The first-order valence-corrected chi connectivity index (χ1v) is 10.7. The van der Waals surface area contributed by atoms with Crippen LogP contribution in [-0.4, -0.2) is 38.7 Å². The fourth-order valence-electron chi connectivity index (χ4n) is 3.86. The van der Waals surface area contributed by atoms with Crippen LogP contribution in [0, 0.1) is 0 Å². The summed E-state index contributed by atoms with van der Waals surface area (Å²) in [4.78, 5) is 8.56. The third kappa shape index (κ3) is 3.46. The van der Waals surface area contributed by atoms with E-state index in [1.54, 1.807) is 11.3 Å². The number of fused-ring (bicyclic) bond motifs is 1. The van der Waals surface area contributed by atoms with Crippen LogP contribution in [0.1, 0.15) is 44.4 Å². The Bertz CT molecular complexity index is 917. The lowest BCUT2D eigenvalue weighted by Crippen LogP contribution is -2.25. The zero-order valence-corrected chi connectivity index (χ0v) is 17.2. The van der Waals surface area contributed by atoms with Gasteiger partial charge in [-0.2, -0.15) is 5.21 Å². The summed E-state index contributed by atoms with van der Waals surface area (Å²) in [6.07, 6.45) is 5.64. The first-order valence-electron chi connectivity index (χ1n) is 9.53. The minimum Gasteiger partial charge on any atom is -0.357 e. The molecule has 0 bridgehead atoms. The molecule has 0 amide bonds. The van der Waals surface area contributed by atoms with Crippen molar-refractivity contribution in [1.82, 2.24) is 25.6 Å². The Morgan fingerprint density at radius 1 is 1.11 bits per heavy atom. The van der Waals surface area contributed by atoms with Crippen LogP contribution in [0.4, 0.5) is 5.82 Å². The van der Waals surface area contributed by atoms with Crippen LogP contribution < -0.4 is 4.90 Å². The van der Waals surface area contributed by atoms with E-state index in [0.29, 0.717) is 5.82 Å². The van der Waals surface area contributed by atoms with Gasteiger partial charge in [0.1, 0.15) is 5.82 Å². The normalized spacial score (nSPS) is 14.0. The first-order chi connectivity index (χ1) is 13.2. The standard InChI is InChI=1S/C19H23ClN6S/c1-3-26(4-2)19-17(18-22-24-25-23-18)16(14-10-11-15(20)27-14)12-8-6-5-7-9-13(12)21-19/h10-11H,3-9H2,1-2H3,(H,22,23,24,25). The van der Waals surface area contributed by atoms with E-state index in [1.165, 1.54) is 36.1 Å². The highest BCUT2D eigenvalue weighted by molar-refractivity contribution is 7.19. The van der Waals surface area contributed by atoms with E-state index in [4.69, 9.17) is 16.6 Å². The number of aromatic nitrogens is 5. The van der Waals surface area contributed by atoms with Gasteiger partial charge in [-0.1, -0.05) is 18.0 Å². The molecule has 0 aliphatic heterocycles. The van der Waals surface area contributed by atoms with Crippen molar-refractivity contribution < 1.29 is 0 Å². The summed E-state index contributed by atoms with van der Waals surface area (Å²) < 4.78 is 0.785. The first kappa shape index (κ1) is 18.4. The molecule has 3 aromatic rings. The Labute approximate surface area is 168 Å². The van der Waals surface area contributed by atoms with E-state index in [-0.39, 0.29) is 0 Å². The molecule has 142 valence electrons. The van der Waals surface area contributed by atoms with Crippen molar-refractivity contribution in [3.05, 3.63) is 27.7 Å². The van der Waals surface area contributed by atoms with Crippen molar-refractivity contribution in [3.8, 4) is 21.8 Å².